The third kappa shape index (κ3) is 3.27. The van der Waals surface area contributed by atoms with E-state index in [1.807, 2.05) is 18.2 Å². The second-order valence-corrected chi connectivity index (χ2v) is 6.70. The molecule has 1 aromatic rings. The largest absolute Gasteiger partial charge is 0.388 e. The Bertz CT molecular complexity index is 544. The van der Waals surface area contributed by atoms with Crippen LogP contribution in [0.1, 0.15) is 54.1 Å². The van der Waals surface area contributed by atoms with Gasteiger partial charge in [0.05, 0.1) is 5.60 Å². The highest BCUT2D eigenvalue weighted by molar-refractivity contribution is 5.94. The lowest BCUT2D eigenvalue weighted by molar-refractivity contribution is -0.0109. The number of carbonyl (C=O) groups is 1. The summed E-state index contributed by atoms with van der Waals surface area (Å²) in [5.74, 6) is 0.447. The first-order valence-corrected chi connectivity index (χ1v) is 7.89. The van der Waals surface area contributed by atoms with Gasteiger partial charge in [-0.3, -0.25) is 4.79 Å². The molecule has 1 saturated carbocycles. The predicted octanol–water partition coefficient (Wildman–Crippen LogP) is 1.96. The Hall–Kier alpha value is -1.39. The molecule has 2 unspecified atom stereocenters. The summed E-state index contributed by atoms with van der Waals surface area (Å²) in [6, 6.07) is 5.84. The van der Waals surface area contributed by atoms with Gasteiger partial charge in [-0.05, 0) is 42.0 Å². The van der Waals surface area contributed by atoms with Gasteiger partial charge in [0, 0.05) is 25.2 Å². The maximum atomic E-state index is 12.3. The molecule has 1 fully saturated rings. The maximum Gasteiger partial charge on any atom is 0.251 e. The highest BCUT2D eigenvalue weighted by atomic mass is 16.3. The fraction of sp³-hybridized carbons (Fsp3) is 0.588. The normalized spacial score (nSPS) is 28.2. The maximum absolute atomic E-state index is 12.3. The van der Waals surface area contributed by atoms with E-state index < -0.39 is 5.60 Å². The van der Waals surface area contributed by atoms with E-state index in [1.165, 1.54) is 17.5 Å². The molecule has 0 aromatic heterocycles. The number of nitrogens with one attached hydrogen (secondary N) is 2. The first kappa shape index (κ1) is 14.5. The highest BCUT2D eigenvalue weighted by Gasteiger charge is 2.32. The summed E-state index contributed by atoms with van der Waals surface area (Å²) < 4.78 is 0. The van der Waals surface area contributed by atoms with Gasteiger partial charge in [0.2, 0.25) is 0 Å². The van der Waals surface area contributed by atoms with E-state index in [-0.39, 0.29) is 5.91 Å². The van der Waals surface area contributed by atoms with Crippen molar-refractivity contribution in [2.24, 2.45) is 5.92 Å². The van der Waals surface area contributed by atoms with Crippen LogP contribution in [0.4, 0.5) is 0 Å². The lowest BCUT2D eigenvalue weighted by atomic mass is 9.79. The zero-order valence-corrected chi connectivity index (χ0v) is 12.6. The highest BCUT2D eigenvalue weighted by Crippen LogP contribution is 2.31. The molecule has 4 nitrogen and oxygen atoms in total. The molecule has 3 N–H and O–H groups in total. The molecule has 4 heteroatoms. The molecule has 1 aliphatic carbocycles. The summed E-state index contributed by atoms with van der Waals surface area (Å²) in [4.78, 5) is 12.3. The number of amides is 1. The molecule has 2 atom stereocenters. The average Bonchev–Trinajstić information content (AvgIpc) is 2.92. The van der Waals surface area contributed by atoms with E-state index in [0.29, 0.717) is 18.0 Å². The van der Waals surface area contributed by atoms with Gasteiger partial charge >= 0.3 is 0 Å². The summed E-state index contributed by atoms with van der Waals surface area (Å²) in [6.07, 6.45) is 3.78. The van der Waals surface area contributed by atoms with Crippen molar-refractivity contribution < 1.29 is 9.90 Å². The van der Waals surface area contributed by atoms with Crippen molar-refractivity contribution in [3.8, 4) is 0 Å². The van der Waals surface area contributed by atoms with Crippen LogP contribution >= 0.6 is 0 Å². The van der Waals surface area contributed by atoms with Crippen LogP contribution in [-0.2, 0) is 13.1 Å². The Morgan fingerprint density at radius 2 is 2.24 bits per heavy atom. The number of carbonyl (C=O) groups excluding carboxylic acids is 1. The molecular formula is C17H24N2O2. The number of fused-ring (bicyclic) bond motifs is 1. The van der Waals surface area contributed by atoms with Crippen molar-refractivity contribution in [1.82, 2.24) is 10.6 Å². The lowest BCUT2D eigenvalue weighted by Crippen LogP contribution is -2.45. The van der Waals surface area contributed by atoms with Gasteiger partial charge in [-0.25, -0.2) is 0 Å². The Labute approximate surface area is 125 Å². The monoisotopic (exact) mass is 288 g/mol. The third-order valence-electron chi connectivity index (χ3n) is 4.74. The van der Waals surface area contributed by atoms with E-state index in [9.17, 15) is 9.90 Å². The first-order chi connectivity index (χ1) is 10.1. The molecule has 3 rings (SSSR count). The molecule has 21 heavy (non-hydrogen) atoms. The second kappa shape index (κ2) is 5.78. The molecule has 0 radical (unpaired) electrons. The van der Waals surface area contributed by atoms with Gasteiger partial charge in [-0.1, -0.05) is 25.8 Å². The Morgan fingerprint density at radius 1 is 1.43 bits per heavy atom. The van der Waals surface area contributed by atoms with E-state index in [1.54, 1.807) is 0 Å². The molecule has 0 bridgehead atoms. The number of aliphatic hydroxyl groups is 1. The molecule has 1 heterocycles. The molecule has 114 valence electrons. The van der Waals surface area contributed by atoms with Crippen LogP contribution in [-0.4, -0.2) is 23.2 Å². The molecule has 1 aliphatic heterocycles. The van der Waals surface area contributed by atoms with Crippen LogP contribution in [0.15, 0.2) is 18.2 Å². The van der Waals surface area contributed by atoms with Crippen molar-refractivity contribution >= 4 is 5.91 Å². The summed E-state index contributed by atoms with van der Waals surface area (Å²) in [7, 11) is 0. The average molecular weight is 288 g/mol. The molecule has 0 spiro atoms. The summed E-state index contributed by atoms with van der Waals surface area (Å²) in [6.45, 7) is 4.23. The molecule has 0 saturated heterocycles. The van der Waals surface area contributed by atoms with E-state index in [0.717, 1.165) is 32.4 Å². The predicted molar refractivity (Wildman–Crippen MR) is 81.9 cm³/mol. The quantitative estimate of drug-likeness (QED) is 0.797. The van der Waals surface area contributed by atoms with Crippen molar-refractivity contribution in [2.75, 3.05) is 6.54 Å². The lowest BCUT2D eigenvalue weighted by Gasteiger charge is -2.35. The van der Waals surface area contributed by atoms with E-state index in [4.69, 9.17) is 0 Å². The van der Waals surface area contributed by atoms with Crippen LogP contribution < -0.4 is 10.6 Å². The number of hydrogen-bond acceptors (Lipinski definition) is 3. The van der Waals surface area contributed by atoms with Gasteiger partial charge in [0.25, 0.3) is 5.91 Å². The third-order valence-corrected chi connectivity index (χ3v) is 4.74. The smallest absolute Gasteiger partial charge is 0.251 e. The molecule has 1 amide bonds. The number of benzene rings is 1. The molecule has 1 aromatic carbocycles. The van der Waals surface area contributed by atoms with Crippen molar-refractivity contribution in [1.29, 1.82) is 0 Å². The minimum absolute atomic E-state index is 0.0867. The zero-order chi connectivity index (χ0) is 14.9. The van der Waals surface area contributed by atoms with Crippen molar-refractivity contribution in [2.45, 2.75) is 51.3 Å². The Morgan fingerprint density at radius 3 is 3.05 bits per heavy atom. The van der Waals surface area contributed by atoms with Crippen LogP contribution in [0.2, 0.25) is 0 Å². The Kier molecular flexibility index (Phi) is 4.00. The first-order valence-electron chi connectivity index (χ1n) is 7.89. The molecular weight excluding hydrogens is 264 g/mol. The summed E-state index contributed by atoms with van der Waals surface area (Å²) >= 11 is 0. The Balaban J connectivity index is 1.61. The van der Waals surface area contributed by atoms with E-state index >= 15 is 0 Å². The standard InChI is InChI=1S/C17H24N2O2/c1-12-3-2-6-17(21,8-12)11-19-16(20)13-4-5-14-9-18-10-15(14)7-13/h4-5,7,12,18,21H,2-3,6,8-11H2,1H3,(H,19,20). The van der Waals surface area contributed by atoms with E-state index in [2.05, 4.69) is 17.6 Å². The van der Waals surface area contributed by atoms with Gasteiger partial charge in [-0.15, -0.1) is 0 Å². The van der Waals surface area contributed by atoms with Crippen molar-refractivity contribution in [3.63, 3.8) is 0 Å². The molecule has 2 aliphatic rings. The van der Waals surface area contributed by atoms with Gasteiger partial charge in [0.15, 0.2) is 0 Å². The SMILES string of the molecule is CC1CCCC(O)(CNC(=O)c2ccc3c(c2)CNC3)C1. The topological polar surface area (TPSA) is 61.4 Å². The van der Waals surface area contributed by atoms with Crippen molar-refractivity contribution in [3.05, 3.63) is 34.9 Å². The van der Waals surface area contributed by atoms with Gasteiger partial charge in [-0.2, -0.15) is 0 Å². The van der Waals surface area contributed by atoms with Gasteiger partial charge in [0.1, 0.15) is 0 Å². The van der Waals surface area contributed by atoms with Gasteiger partial charge < -0.3 is 15.7 Å². The van der Waals surface area contributed by atoms with Crippen LogP contribution in [0.25, 0.3) is 0 Å². The summed E-state index contributed by atoms with van der Waals surface area (Å²) in [5, 5.41) is 16.8. The minimum Gasteiger partial charge on any atom is -0.388 e. The number of rotatable bonds is 3. The second-order valence-electron chi connectivity index (χ2n) is 6.70. The van der Waals surface area contributed by atoms with Crippen LogP contribution in [0, 0.1) is 5.92 Å². The number of hydrogen-bond donors (Lipinski definition) is 3. The minimum atomic E-state index is -0.731. The van der Waals surface area contributed by atoms with Crippen LogP contribution in [0.3, 0.4) is 0 Å². The zero-order valence-electron chi connectivity index (χ0n) is 12.6. The summed E-state index contributed by atoms with van der Waals surface area (Å²) in [5.41, 5.74) is 2.43. The fourth-order valence-corrected chi connectivity index (χ4v) is 3.58. The fourth-order valence-electron chi connectivity index (χ4n) is 3.58. The van der Waals surface area contributed by atoms with Crippen LogP contribution in [0.5, 0.6) is 0 Å².